The van der Waals surface area contributed by atoms with Gasteiger partial charge in [0.2, 0.25) is 0 Å². The summed E-state index contributed by atoms with van der Waals surface area (Å²) in [6.45, 7) is 1.94. The Hall–Kier alpha value is -2.41. The number of H-pyrrole nitrogens is 1. The summed E-state index contributed by atoms with van der Waals surface area (Å²) in [5.74, 6) is 0.814. The van der Waals surface area contributed by atoms with Crippen LogP contribution in [0, 0.1) is 5.41 Å². The number of imidazole rings is 1. The summed E-state index contributed by atoms with van der Waals surface area (Å²) in [6.07, 6.45) is 11.3. The highest BCUT2D eigenvalue weighted by Crippen LogP contribution is 2.27. The Morgan fingerprint density at radius 2 is 2.13 bits per heavy atom. The van der Waals surface area contributed by atoms with Gasteiger partial charge in [0.1, 0.15) is 0 Å². The molecule has 2 atom stereocenters. The van der Waals surface area contributed by atoms with Gasteiger partial charge in [-0.25, -0.2) is 4.98 Å². The summed E-state index contributed by atoms with van der Waals surface area (Å²) in [4.78, 5) is 10.3. The first-order chi connectivity index (χ1) is 11.2. The molecule has 4 rings (SSSR count). The molecule has 2 unspecified atom stereocenters. The van der Waals surface area contributed by atoms with Gasteiger partial charge in [-0.3, -0.25) is 4.68 Å². The summed E-state index contributed by atoms with van der Waals surface area (Å²) in [6, 6.07) is 1.10. The molecule has 2 bridgehead atoms. The van der Waals surface area contributed by atoms with Crippen LogP contribution in [0.25, 0.3) is 17.0 Å². The van der Waals surface area contributed by atoms with E-state index in [1.54, 1.807) is 4.68 Å². The molecule has 2 aliphatic heterocycles. The predicted molar refractivity (Wildman–Crippen MR) is 89.1 cm³/mol. The molecule has 2 aliphatic rings. The van der Waals surface area contributed by atoms with Crippen molar-refractivity contribution in [3.8, 4) is 11.3 Å². The lowest BCUT2D eigenvalue weighted by atomic mass is 10.2. The van der Waals surface area contributed by atoms with Gasteiger partial charge < -0.3 is 20.6 Å². The second-order valence-electron chi connectivity index (χ2n) is 6.30. The molecule has 2 aromatic heterocycles. The Morgan fingerprint density at radius 3 is 2.78 bits per heavy atom. The first-order valence-electron chi connectivity index (χ1n) is 7.99. The van der Waals surface area contributed by atoms with Crippen LogP contribution in [-0.2, 0) is 7.05 Å². The number of aromatic nitrogens is 4. The fourth-order valence-corrected chi connectivity index (χ4v) is 3.56. The minimum atomic E-state index is 0.552. The highest BCUT2D eigenvalue weighted by Gasteiger charge is 2.33. The van der Waals surface area contributed by atoms with E-state index in [9.17, 15) is 0 Å². The molecule has 7 nitrogen and oxygen atoms in total. The summed E-state index contributed by atoms with van der Waals surface area (Å²) >= 11 is 0. The number of hydrogen-bond acceptors (Lipinski definition) is 5. The Balaban J connectivity index is 1.62. The van der Waals surface area contributed by atoms with Crippen molar-refractivity contribution < 1.29 is 0 Å². The maximum absolute atomic E-state index is 7.49. The second kappa shape index (κ2) is 5.66. The van der Waals surface area contributed by atoms with Crippen molar-refractivity contribution in [3.05, 3.63) is 30.5 Å². The number of piperazine rings is 1. The van der Waals surface area contributed by atoms with Crippen molar-refractivity contribution in [2.45, 2.75) is 24.9 Å². The van der Waals surface area contributed by atoms with Crippen molar-refractivity contribution >= 4 is 11.9 Å². The lowest BCUT2D eigenvalue weighted by Crippen LogP contribution is -2.50. The molecule has 0 radical (unpaired) electrons. The zero-order chi connectivity index (χ0) is 15.8. The SMILES string of the molecule is Cn1cc(-c2c[nH]c(/C(=C\C=N)N3CC4CCC(C3)N4)n2)cn1. The van der Waals surface area contributed by atoms with Gasteiger partial charge in [-0.15, -0.1) is 0 Å². The molecule has 0 amide bonds. The summed E-state index contributed by atoms with van der Waals surface area (Å²) in [5.41, 5.74) is 2.86. The molecular weight excluding hydrogens is 290 g/mol. The van der Waals surface area contributed by atoms with Crippen molar-refractivity contribution in [3.63, 3.8) is 0 Å². The number of aryl methyl sites for hydroxylation is 1. The zero-order valence-corrected chi connectivity index (χ0v) is 13.2. The van der Waals surface area contributed by atoms with Crippen LogP contribution in [0.15, 0.2) is 24.7 Å². The van der Waals surface area contributed by atoms with E-state index in [1.807, 2.05) is 31.7 Å². The first kappa shape index (κ1) is 14.2. The molecule has 2 aromatic rings. The Labute approximate surface area is 134 Å². The van der Waals surface area contributed by atoms with Crippen molar-refractivity contribution in [1.29, 1.82) is 5.41 Å². The molecule has 0 aromatic carbocycles. The summed E-state index contributed by atoms with van der Waals surface area (Å²) in [5, 5.41) is 15.3. The fraction of sp³-hybridized carbons (Fsp3) is 0.438. The smallest absolute Gasteiger partial charge is 0.154 e. The molecule has 4 heterocycles. The molecule has 0 aliphatic carbocycles. The predicted octanol–water partition coefficient (Wildman–Crippen LogP) is 1.24. The maximum atomic E-state index is 7.49. The van der Waals surface area contributed by atoms with E-state index in [-0.39, 0.29) is 0 Å². The van der Waals surface area contributed by atoms with Crippen LogP contribution in [0.4, 0.5) is 0 Å². The third-order valence-electron chi connectivity index (χ3n) is 4.62. The van der Waals surface area contributed by atoms with Gasteiger partial charge in [0.05, 0.1) is 17.6 Å². The van der Waals surface area contributed by atoms with Crippen molar-refractivity contribution in [2.24, 2.45) is 7.05 Å². The Morgan fingerprint density at radius 1 is 1.35 bits per heavy atom. The van der Waals surface area contributed by atoms with Crippen LogP contribution >= 0.6 is 0 Å². The minimum absolute atomic E-state index is 0.552. The number of fused-ring (bicyclic) bond motifs is 2. The van der Waals surface area contributed by atoms with Gasteiger partial charge in [-0.2, -0.15) is 5.10 Å². The highest BCUT2D eigenvalue weighted by molar-refractivity contribution is 5.81. The zero-order valence-electron chi connectivity index (χ0n) is 13.2. The molecule has 120 valence electrons. The highest BCUT2D eigenvalue weighted by atomic mass is 15.3. The monoisotopic (exact) mass is 311 g/mol. The number of nitrogens with one attached hydrogen (secondary N) is 3. The lowest BCUT2D eigenvalue weighted by molar-refractivity contribution is 0.275. The van der Waals surface area contributed by atoms with E-state index >= 15 is 0 Å². The van der Waals surface area contributed by atoms with E-state index in [0.29, 0.717) is 12.1 Å². The standard InChI is InChI=1S/C16H21N7/c1-22-8-11(6-19-22)14-7-18-16(21-14)15(4-5-17)23-9-12-2-3-13(10-23)20-12/h4-8,12-13,17,20H,2-3,9-10H2,1H3,(H,18,21)/b15-4+,17-5?. The van der Waals surface area contributed by atoms with Crippen LogP contribution in [0.2, 0.25) is 0 Å². The second-order valence-corrected chi connectivity index (χ2v) is 6.30. The molecule has 2 fully saturated rings. The minimum Gasteiger partial charge on any atom is -0.365 e. The first-order valence-corrected chi connectivity index (χ1v) is 7.99. The molecule has 0 spiro atoms. The molecule has 0 saturated carbocycles. The third-order valence-corrected chi connectivity index (χ3v) is 4.62. The van der Waals surface area contributed by atoms with Crippen LogP contribution in [0.1, 0.15) is 18.7 Å². The van der Waals surface area contributed by atoms with Gasteiger partial charge in [0.25, 0.3) is 0 Å². The van der Waals surface area contributed by atoms with Crippen LogP contribution in [0.3, 0.4) is 0 Å². The average molecular weight is 311 g/mol. The van der Waals surface area contributed by atoms with Gasteiger partial charge in [-0.1, -0.05) is 0 Å². The van der Waals surface area contributed by atoms with Gasteiger partial charge in [0.15, 0.2) is 5.82 Å². The number of likely N-dealkylation sites (tertiary alicyclic amines) is 1. The molecule has 23 heavy (non-hydrogen) atoms. The Bertz CT molecular complexity index is 729. The van der Waals surface area contributed by atoms with Crippen LogP contribution in [-0.4, -0.2) is 56.0 Å². The largest absolute Gasteiger partial charge is 0.365 e. The maximum Gasteiger partial charge on any atom is 0.154 e. The number of hydrogen-bond donors (Lipinski definition) is 3. The normalized spacial score (nSPS) is 24.2. The summed E-state index contributed by atoms with van der Waals surface area (Å²) in [7, 11) is 1.90. The quantitative estimate of drug-likeness (QED) is 0.742. The van der Waals surface area contributed by atoms with Crippen molar-refractivity contribution in [2.75, 3.05) is 13.1 Å². The van der Waals surface area contributed by atoms with E-state index in [4.69, 9.17) is 10.4 Å². The number of rotatable bonds is 4. The summed E-state index contributed by atoms with van der Waals surface area (Å²) < 4.78 is 1.77. The molecule has 3 N–H and O–H groups in total. The Kier molecular flexibility index (Phi) is 3.49. The molecular formula is C16H21N7. The van der Waals surface area contributed by atoms with Crippen molar-refractivity contribution in [1.82, 2.24) is 30.0 Å². The van der Waals surface area contributed by atoms with E-state index in [1.165, 1.54) is 19.1 Å². The number of nitrogens with zero attached hydrogens (tertiary/aromatic N) is 4. The lowest BCUT2D eigenvalue weighted by Gasteiger charge is -2.35. The van der Waals surface area contributed by atoms with E-state index in [2.05, 4.69) is 20.3 Å². The van der Waals surface area contributed by atoms with E-state index in [0.717, 1.165) is 35.9 Å². The van der Waals surface area contributed by atoms with Gasteiger partial charge >= 0.3 is 0 Å². The fourth-order valence-electron chi connectivity index (χ4n) is 3.56. The third kappa shape index (κ3) is 2.68. The van der Waals surface area contributed by atoms with Gasteiger partial charge in [0, 0.05) is 56.4 Å². The van der Waals surface area contributed by atoms with E-state index < -0.39 is 0 Å². The molecule has 2 saturated heterocycles. The van der Waals surface area contributed by atoms with Gasteiger partial charge in [-0.05, 0) is 18.9 Å². The molecule has 7 heteroatoms. The van der Waals surface area contributed by atoms with Crippen LogP contribution < -0.4 is 5.32 Å². The van der Waals surface area contributed by atoms with Crippen LogP contribution in [0.5, 0.6) is 0 Å². The number of aromatic amines is 1. The number of allylic oxidation sites excluding steroid dienone is 1. The topological polar surface area (TPSA) is 85.6 Å². The average Bonchev–Trinajstić information content (AvgIpc) is 3.25.